The lowest BCUT2D eigenvalue weighted by Gasteiger charge is -2.43. The molecule has 8 atom stereocenters. The molecule has 390 valence electrons. The minimum atomic E-state index is -5.37. The number of thioether (sulfide) groups is 1. The van der Waals surface area contributed by atoms with Crippen molar-refractivity contribution in [2.75, 3.05) is 19.0 Å². The van der Waals surface area contributed by atoms with Crippen LogP contribution in [0.3, 0.4) is 0 Å². The smallest absolute Gasteiger partial charge is 0.462 e. The van der Waals surface area contributed by atoms with Crippen molar-refractivity contribution >= 4 is 44.5 Å². The third kappa shape index (κ3) is 32.8. The van der Waals surface area contributed by atoms with Crippen LogP contribution in [0.4, 0.5) is 0 Å². The Kier molecular flexibility index (Phi) is 37.0. The van der Waals surface area contributed by atoms with Gasteiger partial charge in [0, 0.05) is 25.0 Å². The van der Waals surface area contributed by atoms with E-state index in [1.54, 1.807) is 0 Å². The van der Waals surface area contributed by atoms with Crippen molar-refractivity contribution in [3.63, 3.8) is 0 Å². The first-order valence-electron chi connectivity index (χ1n) is 25.1. The number of phosphoric ester groups is 2. The Morgan fingerprint density at radius 3 is 1.33 bits per heavy atom. The average Bonchev–Trinajstić information content (AvgIpc) is 3.26. The van der Waals surface area contributed by atoms with Crippen LogP contribution in [-0.2, 0) is 46.6 Å². The van der Waals surface area contributed by atoms with Crippen molar-refractivity contribution in [2.45, 2.75) is 256 Å². The molecule has 0 bridgehead atoms. The average molecular weight is 1010 g/mol. The predicted molar refractivity (Wildman–Crippen MR) is 254 cm³/mol. The summed E-state index contributed by atoms with van der Waals surface area (Å²) in [7, 11) is -10.7. The molecule has 0 heterocycles. The molecule has 20 heteroatoms. The Morgan fingerprint density at radius 2 is 0.894 bits per heavy atom. The maximum Gasteiger partial charge on any atom is 0.472 e. The molecule has 1 aliphatic rings. The fraction of sp³-hybridized carbons (Fsp3) is 0.935. The highest BCUT2D eigenvalue weighted by molar-refractivity contribution is 8.13. The first kappa shape index (κ1) is 63.0. The first-order chi connectivity index (χ1) is 31.5. The lowest BCUT2D eigenvalue weighted by molar-refractivity contribution is -0.216. The van der Waals surface area contributed by atoms with E-state index in [1.165, 1.54) is 114 Å². The van der Waals surface area contributed by atoms with Gasteiger partial charge >= 0.3 is 27.6 Å². The number of hydrogen-bond donors (Lipinski definition) is 7. The molecule has 0 aliphatic heterocycles. The van der Waals surface area contributed by atoms with E-state index in [1.807, 2.05) is 6.92 Å². The molecule has 1 saturated carbocycles. The van der Waals surface area contributed by atoms with Crippen LogP contribution in [0, 0.1) is 0 Å². The van der Waals surface area contributed by atoms with Crippen LogP contribution in [0.25, 0.3) is 0 Å². The Hall–Kier alpha value is -0.980. The van der Waals surface area contributed by atoms with E-state index in [4.69, 9.17) is 18.5 Å². The molecule has 17 nitrogen and oxygen atoms in total. The van der Waals surface area contributed by atoms with Crippen LogP contribution in [0.1, 0.15) is 213 Å². The van der Waals surface area contributed by atoms with E-state index in [9.17, 15) is 58.6 Å². The summed E-state index contributed by atoms with van der Waals surface area (Å²) in [6.45, 7) is 2.90. The zero-order valence-corrected chi connectivity index (χ0v) is 42.7. The molecule has 1 rings (SSSR count). The topological polar surface area (TPSA) is 273 Å². The number of aliphatic hydroxyl groups is 4. The SMILES string of the molecule is CCCCCCCCCCCCCCCC(=O)O[C@H](COC(=O)CCCCCCCCCCCCCCCCSC(=O)CCC)COP(=O)(O)OC1C(O)[C@@H](OP(=O)(O)O)C(O)[C@@H](O)[C@H]1O. The molecule has 66 heavy (non-hydrogen) atoms. The monoisotopic (exact) mass is 1010 g/mol. The van der Waals surface area contributed by atoms with Gasteiger partial charge in [0.1, 0.15) is 43.2 Å². The summed E-state index contributed by atoms with van der Waals surface area (Å²) in [6, 6.07) is 0. The van der Waals surface area contributed by atoms with Gasteiger partial charge in [-0.15, -0.1) is 0 Å². The molecule has 0 aromatic heterocycles. The van der Waals surface area contributed by atoms with Crippen molar-refractivity contribution in [1.29, 1.82) is 0 Å². The van der Waals surface area contributed by atoms with Gasteiger partial charge in [-0.25, -0.2) is 9.13 Å². The van der Waals surface area contributed by atoms with Crippen molar-refractivity contribution in [3.8, 4) is 0 Å². The lowest BCUT2D eigenvalue weighted by Crippen LogP contribution is -2.64. The van der Waals surface area contributed by atoms with Gasteiger partial charge in [-0.1, -0.05) is 180 Å². The summed E-state index contributed by atoms with van der Waals surface area (Å²) in [5, 5.41) is 41.6. The molecule has 0 aromatic rings. The number of esters is 2. The highest BCUT2D eigenvalue weighted by Gasteiger charge is 2.54. The van der Waals surface area contributed by atoms with E-state index in [0.717, 1.165) is 70.0 Å². The van der Waals surface area contributed by atoms with Crippen LogP contribution in [0.2, 0.25) is 0 Å². The molecule has 1 aliphatic carbocycles. The fourth-order valence-electron chi connectivity index (χ4n) is 7.81. The van der Waals surface area contributed by atoms with Crippen LogP contribution >= 0.6 is 27.4 Å². The number of carbonyl (C=O) groups excluding carboxylic acids is 3. The van der Waals surface area contributed by atoms with Gasteiger partial charge in [0.25, 0.3) is 0 Å². The number of aliphatic hydroxyl groups excluding tert-OH is 4. The van der Waals surface area contributed by atoms with Gasteiger partial charge in [-0.2, -0.15) is 0 Å². The molecule has 0 aromatic carbocycles. The Morgan fingerprint density at radius 1 is 0.485 bits per heavy atom. The third-order valence-corrected chi connectivity index (χ3v) is 14.2. The summed E-state index contributed by atoms with van der Waals surface area (Å²) in [5.74, 6) is -0.273. The molecule has 1 fully saturated rings. The Balaban J connectivity index is 2.50. The standard InChI is InChI=1S/C46H88O17P2S/c1-3-5-6-7-8-9-10-13-17-20-23-26-29-33-39(48)61-37(36-60-65(57,58)63-46-43(52)41(50)42(51)45(44(46)53)62-64(54,55)56)35-59-38(47)32-28-25-22-19-16-14-11-12-15-18-21-24-27-30-34-66-40(49)31-4-2/h37,41-46,50-53H,3-36H2,1-2H3,(H,57,58)(H2,54,55,56)/t37-,41-,42?,43-,44?,45+,46?/m1/s1. The van der Waals surface area contributed by atoms with E-state index in [0.29, 0.717) is 24.4 Å². The van der Waals surface area contributed by atoms with E-state index >= 15 is 0 Å². The highest BCUT2D eigenvalue weighted by atomic mass is 32.2. The van der Waals surface area contributed by atoms with Crippen molar-refractivity contribution in [1.82, 2.24) is 0 Å². The summed E-state index contributed by atoms with van der Waals surface area (Å²) >= 11 is 1.48. The minimum Gasteiger partial charge on any atom is -0.462 e. The van der Waals surface area contributed by atoms with Crippen LogP contribution in [-0.4, -0.2) is 114 Å². The largest absolute Gasteiger partial charge is 0.472 e. The van der Waals surface area contributed by atoms with E-state index < -0.39 is 83.5 Å². The molecule has 4 unspecified atom stereocenters. The summed E-state index contributed by atoms with van der Waals surface area (Å²) < 4.78 is 49.4. The first-order valence-corrected chi connectivity index (χ1v) is 29.1. The highest BCUT2D eigenvalue weighted by Crippen LogP contribution is 2.49. The van der Waals surface area contributed by atoms with Gasteiger partial charge in [0.2, 0.25) is 0 Å². The number of rotatable bonds is 43. The van der Waals surface area contributed by atoms with Gasteiger partial charge in [0.05, 0.1) is 6.61 Å². The van der Waals surface area contributed by atoms with Crippen molar-refractivity contribution in [2.24, 2.45) is 0 Å². The van der Waals surface area contributed by atoms with Gasteiger partial charge < -0.3 is 44.6 Å². The van der Waals surface area contributed by atoms with Crippen molar-refractivity contribution < 1.29 is 81.7 Å². The van der Waals surface area contributed by atoms with Gasteiger partial charge in [-0.05, 0) is 25.7 Å². The fourth-order valence-corrected chi connectivity index (χ4v) is 10.3. The molecular weight excluding hydrogens is 919 g/mol. The zero-order chi connectivity index (χ0) is 49.1. The summed E-state index contributed by atoms with van der Waals surface area (Å²) in [6.07, 6.45) is 17.0. The van der Waals surface area contributed by atoms with Crippen molar-refractivity contribution in [3.05, 3.63) is 0 Å². The minimum absolute atomic E-state index is 0.0431. The second-order valence-corrected chi connectivity index (χ2v) is 21.6. The van der Waals surface area contributed by atoms with Crippen LogP contribution in [0.5, 0.6) is 0 Å². The lowest BCUT2D eigenvalue weighted by atomic mass is 9.85. The molecule has 7 N–H and O–H groups in total. The number of carbonyl (C=O) groups is 3. The quantitative estimate of drug-likeness (QED) is 0.0170. The summed E-state index contributed by atoms with van der Waals surface area (Å²) in [4.78, 5) is 65.9. The zero-order valence-electron chi connectivity index (χ0n) is 40.1. The number of ether oxygens (including phenoxy) is 2. The molecular formula is C46H88O17P2S. The van der Waals surface area contributed by atoms with Crippen LogP contribution in [0.15, 0.2) is 0 Å². The van der Waals surface area contributed by atoms with E-state index in [2.05, 4.69) is 11.4 Å². The van der Waals surface area contributed by atoms with E-state index in [-0.39, 0.29) is 12.8 Å². The number of phosphoric acid groups is 2. The van der Waals surface area contributed by atoms with Gasteiger partial charge in [-0.3, -0.25) is 28.0 Å². The molecule has 0 radical (unpaired) electrons. The maximum absolute atomic E-state index is 13.0. The molecule has 0 amide bonds. The Labute approximate surface area is 399 Å². The third-order valence-electron chi connectivity index (χ3n) is 11.7. The maximum atomic E-state index is 13.0. The summed E-state index contributed by atoms with van der Waals surface area (Å²) in [5.41, 5.74) is 0. The second kappa shape index (κ2) is 38.7. The normalized spacial score (nSPS) is 21.3. The second-order valence-electron chi connectivity index (χ2n) is 17.8. The number of hydrogen-bond acceptors (Lipinski definition) is 15. The Bertz CT molecular complexity index is 1360. The molecule has 0 saturated heterocycles. The predicted octanol–water partition coefficient (Wildman–Crippen LogP) is 9.27. The van der Waals surface area contributed by atoms with Gasteiger partial charge in [0.15, 0.2) is 11.2 Å². The number of unbranched alkanes of at least 4 members (excludes halogenated alkanes) is 25. The van der Waals surface area contributed by atoms with Crippen LogP contribution < -0.4 is 0 Å². The molecule has 0 spiro atoms.